The van der Waals surface area contributed by atoms with E-state index in [1.807, 2.05) is 6.07 Å². The van der Waals surface area contributed by atoms with E-state index in [-0.39, 0.29) is 6.61 Å². The minimum Gasteiger partial charge on any atom is -0.488 e. The Labute approximate surface area is 130 Å². The van der Waals surface area contributed by atoms with Gasteiger partial charge < -0.3 is 9.84 Å². The summed E-state index contributed by atoms with van der Waals surface area (Å²) >= 11 is 3.33. The topological polar surface area (TPSA) is 53.2 Å². The van der Waals surface area contributed by atoms with Crippen LogP contribution in [0.4, 0.5) is 4.39 Å². The lowest BCUT2D eigenvalue weighted by molar-refractivity contribution is 0.189. The van der Waals surface area contributed by atoms with Gasteiger partial charge in [0.15, 0.2) is 0 Å². The van der Waals surface area contributed by atoms with Crippen molar-refractivity contribution in [2.45, 2.75) is 19.6 Å². The van der Waals surface area contributed by atoms with Gasteiger partial charge in [0, 0.05) is 15.6 Å². The second-order valence-corrected chi connectivity index (χ2v) is 5.48. The summed E-state index contributed by atoms with van der Waals surface area (Å²) in [5.41, 5.74) is 1.29. The molecular weight excluding hydrogens is 337 g/mol. The van der Waals surface area contributed by atoms with Gasteiger partial charge in [0.2, 0.25) is 0 Å². The van der Waals surface area contributed by atoms with Crippen LogP contribution in [-0.2, 0) is 6.61 Å². The van der Waals surface area contributed by atoms with Gasteiger partial charge in [-0.15, -0.1) is 0 Å². The lowest BCUT2D eigenvalue weighted by atomic mass is 10.1. The van der Waals surface area contributed by atoms with E-state index in [0.717, 1.165) is 4.47 Å². The van der Waals surface area contributed by atoms with Gasteiger partial charge >= 0.3 is 0 Å². The predicted octanol–water partition coefficient (Wildman–Crippen LogP) is 4.09. The van der Waals surface area contributed by atoms with Crippen LogP contribution in [0.25, 0.3) is 0 Å². The number of nitriles is 1. The zero-order valence-electron chi connectivity index (χ0n) is 11.3. The number of hydrogen-bond donors (Lipinski definition) is 1. The molecule has 0 bridgehead atoms. The summed E-state index contributed by atoms with van der Waals surface area (Å²) in [5, 5.41) is 18.6. The summed E-state index contributed by atoms with van der Waals surface area (Å²) in [4.78, 5) is 0. The van der Waals surface area contributed by atoms with Crippen molar-refractivity contribution in [3.05, 3.63) is 63.4 Å². The highest BCUT2D eigenvalue weighted by molar-refractivity contribution is 9.10. The minimum atomic E-state index is -0.701. The van der Waals surface area contributed by atoms with Gasteiger partial charge in [-0.25, -0.2) is 4.39 Å². The first-order chi connectivity index (χ1) is 10.0. The van der Waals surface area contributed by atoms with Crippen LogP contribution < -0.4 is 4.74 Å². The Hall–Kier alpha value is -1.90. The molecule has 0 saturated heterocycles. The Morgan fingerprint density at radius 3 is 2.76 bits per heavy atom. The minimum absolute atomic E-state index is 0.0112. The SMILES string of the molecule is CC(O)c1cc(Br)ccc1OCc1cc(C#N)ccc1F. The van der Waals surface area contributed by atoms with Crippen molar-refractivity contribution in [2.75, 3.05) is 0 Å². The van der Waals surface area contributed by atoms with Crippen molar-refractivity contribution >= 4 is 15.9 Å². The molecule has 1 N–H and O–H groups in total. The summed E-state index contributed by atoms with van der Waals surface area (Å²) in [6.07, 6.45) is -0.701. The Balaban J connectivity index is 2.23. The van der Waals surface area contributed by atoms with Crippen molar-refractivity contribution in [1.82, 2.24) is 0 Å². The highest BCUT2D eigenvalue weighted by Gasteiger charge is 2.11. The zero-order chi connectivity index (χ0) is 15.4. The molecule has 0 aliphatic heterocycles. The lowest BCUT2D eigenvalue weighted by Gasteiger charge is -2.14. The van der Waals surface area contributed by atoms with Crippen LogP contribution in [0.5, 0.6) is 5.75 Å². The molecule has 3 nitrogen and oxygen atoms in total. The maximum atomic E-state index is 13.7. The fourth-order valence-electron chi connectivity index (χ4n) is 1.89. The number of hydrogen-bond acceptors (Lipinski definition) is 3. The van der Waals surface area contributed by atoms with E-state index in [1.165, 1.54) is 18.2 Å². The second kappa shape index (κ2) is 6.70. The van der Waals surface area contributed by atoms with Crippen LogP contribution in [0.3, 0.4) is 0 Å². The van der Waals surface area contributed by atoms with Crippen molar-refractivity contribution in [1.29, 1.82) is 5.26 Å². The Morgan fingerprint density at radius 1 is 1.33 bits per heavy atom. The van der Waals surface area contributed by atoms with E-state index in [1.54, 1.807) is 25.1 Å². The van der Waals surface area contributed by atoms with Gasteiger partial charge in [0.05, 0.1) is 17.7 Å². The third kappa shape index (κ3) is 3.81. The molecule has 0 saturated carbocycles. The first-order valence-corrected chi connectivity index (χ1v) is 7.09. The molecular formula is C16H13BrFNO2. The number of benzene rings is 2. The number of rotatable bonds is 4. The molecule has 0 aliphatic carbocycles. The summed E-state index contributed by atoms with van der Waals surface area (Å²) in [7, 11) is 0. The molecule has 108 valence electrons. The van der Waals surface area contributed by atoms with E-state index in [4.69, 9.17) is 10.00 Å². The van der Waals surface area contributed by atoms with Gasteiger partial charge in [-0.2, -0.15) is 5.26 Å². The smallest absolute Gasteiger partial charge is 0.129 e. The number of nitrogens with zero attached hydrogens (tertiary/aromatic N) is 1. The van der Waals surface area contributed by atoms with Gasteiger partial charge in [-0.1, -0.05) is 15.9 Å². The third-order valence-electron chi connectivity index (χ3n) is 2.98. The first-order valence-electron chi connectivity index (χ1n) is 6.30. The van der Waals surface area contributed by atoms with E-state index < -0.39 is 11.9 Å². The fourth-order valence-corrected chi connectivity index (χ4v) is 2.27. The van der Waals surface area contributed by atoms with Gasteiger partial charge in [-0.3, -0.25) is 0 Å². The summed E-state index contributed by atoms with van der Waals surface area (Å²) < 4.78 is 20.1. The molecule has 1 atom stereocenters. The first kappa shape index (κ1) is 15.5. The predicted molar refractivity (Wildman–Crippen MR) is 80.2 cm³/mol. The average Bonchev–Trinajstić information content (AvgIpc) is 2.47. The molecule has 0 radical (unpaired) electrons. The second-order valence-electron chi connectivity index (χ2n) is 4.56. The molecule has 0 aromatic heterocycles. The molecule has 0 spiro atoms. The lowest BCUT2D eigenvalue weighted by Crippen LogP contribution is -2.03. The Bertz CT molecular complexity index is 695. The monoisotopic (exact) mass is 349 g/mol. The van der Waals surface area contributed by atoms with Crippen molar-refractivity contribution in [3.63, 3.8) is 0 Å². The van der Waals surface area contributed by atoms with Crippen LogP contribution in [0.1, 0.15) is 29.7 Å². The maximum Gasteiger partial charge on any atom is 0.129 e. The van der Waals surface area contributed by atoms with Crippen molar-refractivity contribution in [2.24, 2.45) is 0 Å². The fraction of sp³-hybridized carbons (Fsp3) is 0.188. The normalized spacial score (nSPS) is 11.8. The quantitative estimate of drug-likeness (QED) is 0.904. The highest BCUT2D eigenvalue weighted by atomic mass is 79.9. The van der Waals surface area contributed by atoms with Crippen molar-refractivity contribution < 1.29 is 14.2 Å². The van der Waals surface area contributed by atoms with Crippen LogP contribution in [-0.4, -0.2) is 5.11 Å². The number of ether oxygens (including phenoxy) is 1. The molecule has 0 amide bonds. The molecule has 0 heterocycles. The molecule has 2 rings (SSSR count). The van der Waals surface area contributed by atoms with Crippen LogP contribution >= 0.6 is 15.9 Å². The Kier molecular flexibility index (Phi) is 4.94. The van der Waals surface area contributed by atoms with Gasteiger partial charge in [-0.05, 0) is 43.3 Å². The van der Waals surface area contributed by atoms with Crippen LogP contribution in [0.15, 0.2) is 40.9 Å². The van der Waals surface area contributed by atoms with E-state index in [0.29, 0.717) is 22.4 Å². The average molecular weight is 350 g/mol. The zero-order valence-corrected chi connectivity index (χ0v) is 12.9. The summed E-state index contributed by atoms with van der Waals surface area (Å²) in [6.45, 7) is 1.62. The number of halogens is 2. The van der Waals surface area contributed by atoms with E-state index in [2.05, 4.69) is 15.9 Å². The molecule has 0 aliphatic rings. The molecule has 2 aromatic carbocycles. The summed E-state index contributed by atoms with van der Waals surface area (Å²) in [6, 6.07) is 11.3. The Morgan fingerprint density at radius 2 is 2.10 bits per heavy atom. The van der Waals surface area contributed by atoms with E-state index >= 15 is 0 Å². The van der Waals surface area contributed by atoms with Crippen LogP contribution in [0, 0.1) is 17.1 Å². The van der Waals surface area contributed by atoms with Gasteiger partial charge in [0.25, 0.3) is 0 Å². The molecule has 5 heteroatoms. The maximum absolute atomic E-state index is 13.7. The number of aliphatic hydroxyl groups excluding tert-OH is 1. The van der Waals surface area contributed by atoms with Crippen molar-refractivity contribution in [3.8, 4) is 11.8 Å². The molecule has 21 heavy (non-hydrogen) atoms. The summed E-state index contributed by atoms with van der Waals surface area (Å²) in [5.74, 6) is 0.0552. The standard InChI is InChI=1S/C16H13BrFNO2/c1-10(20)14-7-13(17)3-5-16(14)21-9-12-6-11(8-19)2-4-15(12)18/h2-7,10,20H,9H2,1H3. The molecule has 1 unspecified atom stereocenters. The van der Waals surface area contributed by atoms with Crippen LogP contribution in [0.2, 0.25) is 0 Å². The molecule has 0 fully saturated rings. The van der Waals surface area contributed by atoms with E-state index in [9.17, 15) is 9.50 Å². The number of aliphatic hydroxyl groups is 1. The third-order valence-corrected chi connectivity index (χ3v) is 3.47. The highest BCUT2D eigenvalue weighted by Crippen LogP contribution is 2.29. The van der Waals surface area contributed by atoms with Gasteiger partial charge in [0.1, 0.15) is 18.2 Å². The molecule has 2 aromatic rings. The largest absolute Gasteiger partial charge is 0.488 e.